The van der Waals surface area contributed by atoms with Crippen LogP contribution in [0.25, 0.3) is 0 Å². The molecular formula is C22H27NO7Si. The molecule has 1 aliphatic heterocycles. The minimum atomic E-state index is -2.16. The fourth-order valence-corrected chi connectivity index (χ4v) is 5.72. The lowest BCUT2D eigenvalue weighted by Crippen LogP contribution is -2.53. The molecule has 0 aliphatic carbocycles. The van der Waals surface area contributed by atoms with Crippen molar-refractivity contribution < 1.29 is 33.3 Å². The number of esters is 1. The van der Waals surface area contributed by atoms with E-state index in [0.717, 1.165) is 0 Å². The van der Waals surface area contributed by atoms with Crippen LogP contribution in [0.1, 0.15) is 39.0 Å². The maximum Gasteiger partial charge on any atom is 0.357 e. The quantitative estimate of drug-likeness (QED) is 0.264. The van der Waals surface area contributed by atoms with E-state index in [1.54, 1.807) is 37.4 Å². The zero-order valence-electron chi connectivity index (χ0n) is 18.6. The van der Waals surface area contributed by atoms with E-state index in [4.69, 9.17) is 23.7 Å². The lowest BCUT2D eigenvalue weighted by Gasteiger charge is -2.41. The van der Waals surface area contributed by atoms with E-state index in [1.807, 2.05) is 6.92 Å². The zero-order valence-corrected chi connectivity index (χ0v) is 19.6. The number of aromatic nitrogens is 1. The number of pyridine rings is 1. The van der Waals surface area contributed by atoms with Crippen molar-refractivity contribution >= 4 is 19.8 Å². The van der Waals surface area contributed by atoms with Crippen LogP contribution in [0.3, 0.4) is 0 Å². The molecule has 0 saturated heterocycles. The number of ether oxygens (including phenoxy) is 5. The monoisotopic (exact) mass is 445 g/mol. The number of rotatable bonds is 8. The van der Waals surface area contributed by atoms with Gasteiger partial charge in [0.1, 0.15) is 8.07 Å². The second kappa shape index (κ2) is 8.78. The first-order valence-electron chi connectivity index (χ1n) is 9.91. The van der Waals surface area contributed by atoms with E-state index in [2.05, 4.69) is 24.6 Å². The molecule has 9 heteroatoms. The minimum absolute atomic E-state index is 0.0953. The second-order valence-corrected chi connectivity index (χ2v) is 13.1. The van der Waals surface area contributed by atoms with Crippen LogP contribution >= 0.6 is 0 Å². The third-order valence-electron chi connectivity index (χ3n) is 5.11. The maximum atomic E-state index is 13.2. The van der Waals surface area contributed by atoms with Gasteiger partial charge in [-0.1, -0.05) is 19.6 Å². The number of carbonyl (C=O) groups is 2. The van der Waals surface area contributed by atoms with Crippen molar-refractivity contribution in [3.8, 4) is 11.5 Å². The normalized spacial score (nSPS) is 14.8. The van der Waals surface area contributed by atoms with Crippen LogP contribution in [0.2, 0.25) is 19.6 Å². The molecule has 0 saturated carbocycles. The maximum absolute atomic E-state index is 13.2. The first-order valence-corrected chi connectivity index (χ1v) is 13.4. The van der Waals surface area contributed by atoms with Crippen LogP contribution < -0.4 is 9.47 Å². The van der Waals surface area contributed by atoms with Gasteiger partial charge in [0.15, 0.2) is 28.4 Å². The van der Waals surface area contributed by atoms with Gasteiger partial charge in [-0.15, -0.1) is 0 Å². The predicted octanol–water partition coefficient (Wildman–Crippen LogP) is 3.54. The Hall–Kier alpha value is -2.75. The molecule has 0 N–H and O–H groups in total. The molecule has 0 spiro atoms. The second-order valence-electron chi connectivity index (χ2n) is 7.99. The van der Waals surface area contributed by atoms with Gasteiger partial charge in [-0.3, -0.25) is 4.79 Å². The van der Waals surface area contributed by atoms with Crippen molar-refractivity contribution in [1.29, 1.82) is 0 Å². The molecule has 1 aromatic carbocycles. The molecule has 1 atom stereocenters. The van der Waals surface area contributed by atoms with Gasteiger partial charge in [0, 0.05) is 19.3 Å². The molecule has 0 amide bonds. The molecule has 3 rings (SSSR count). The fourth-order valence-electron chi connectivity index (χ4n) is 3.62. The molecule has 1 aromatic heterocycles. The number of fused-ring (bicyclic) bond motifs is 1. The molecule has 8 nitrogen and oxygen atoms in total. The van der Waals surface area contributed by atoms with Gasteiger partial charge in [-0.25, -0.2) is 9.78 Å². The molecule has 1 aliphatic rings. The van der Waals surface area contributed by atoms with E-state index in [1.165, 1.54) is 7.11 Å². The molecule has 1 unspecified atom stereocenters. The summed E-state index contributed by atoms with van der Waals surface area (Å²) in [6.45, 7) is 8.60. The third-order valence-corrected chi connectivity index (χ3v) is 7.69. The Labute approximate surface area is 182 Å². The molecule has 0 bridgehead atoms. The van der Waals surface area contributed by atoms with Crippen molar-refractivity contribution in [2.24, 2.45) is 0 Å². The lowest BCUT2D eigenvalue weighted by atomic mass is 10.0. The number of hydrogen-bond acceptors (Lipinski definition) is 8. The number of ketones is 1. The van der Waals surface area contributed by atoms with E-state index in [-0.39, 0.29) is 23.8 Å². The Balaban J connectivity index is 2.12. The number of nitrogens with zero attached hydrogens (tertiary/aromatic N) is 1. The van der Waals surface area contributed by atoms with Crippen LogP contribution in [-0.2, 0) is 19.6 Å². The van der Waals surface area contributed by atoms with Crippen LogP contribution in [0, 0.1) is 0 Å². The molecule has 2 aromatic rings. The SMILES string of the molecule is CCOC(OC)(c1ccc(C(=O)c2ccc3c(c2)OCO3)c(C(=O)OC)n1)[Si](C)(C)C. The summed E-state index contributed by atoms with van der Waals surface area (Å²) in [7, 11) is 0.640. The predicted molar refractivity (Wildman–Crippen MR) is 115 cm³/mol. The first kappa shape index (κ1) is 22.9. The van der Waals surface area contributed by atoms with E-state index >= 15 is 0 Å². The van der Waals surface area contributed by atoms with Gasteiger partial charge in [-0.2, -0.15) is 0 Å². The highest BCUT2D eigenvalue weighted by Crippen LogP contribution is 2.37. The molecule has 0 fully saturated rings. The van der Waals surface area contributed by atoms with E-state index < -0.39 is 19.5 Å². The molecule has 2 heterocycles. The van der Waals surface area contributed by atoms with Gasteiger partial charge in [0.25, 0.3) is 0 Å². The molecule has 0 radical (unpaired) electrons. The minimum Gasteiger partial charge on any atom is -0.464 e. The van der Waals surface area contributed by atoms with Crippen LogP contribution in [0.15, 0.2) is 30.3 Å². The van der Waals surface area contributed by atoms with Crippen molar-refractivity contribution in [2.45, 2.75) is 32.0 Å². The van der Waals surface area contributed by atoms with Crippen LogP contribution in [-0.4, -0.2) is 52.4 Å². The Kier molecular flexibility index (Phi) is 6.49. The summed E-state index contributed by atoms with van der Waals surface area (Å²) >= 11 is 0. The Morgan fingerprint density at radius 1 is 1.10 bits per heavy atom. The topological polar surface area (TPSA) is 93.2 Å². The van der Waals surface area contributed by atoms with Gasteiger partial charge >= 0.3 is 5.97 Å². The summed E-state index contributed by atoms with van der Waals surface area (Å²) in [5.41, 5.74) is -0.297. The highest BCUT2D eigenvalue weighted by atomic mass is 28.3. The van der Waals surface area contributed by atoms with Crippen molar-refractivity contribution in [2.75, 3.05) is 27.6 Å². The fraction of sp³-hybridized carbons (Fsp3) is 0.409. The number of carbonyl (C=O) groups excluding carboxylic acids is 2. The molecular weight excluding hydrogens is 418 g/mol. The third kappa shape index (κ3) is 4.08. The van der Waals surface area contributed by atoms with Crippen molar-refractivity contribution in [1.82, 2.24) is 4.98 Å². The van der Waals surface area contributed by atoms with Crippen LogP contribution in [0.5, 0.6) is 11.5 Å². The average Bonchev–Trinajstić information content (AvgIpc) is 3.23. The average molecular weight is 446 g/mol. The Morgan fingerprint density at radius 2 is 1.81 bits per heavy atom. The largest absolute Gasteiger partial charge is 0.464 e. The van der Waals surface area contributed by atoms with Gasteiger partial charge in [0.2, 0.25) is 6.79 Å². The lowest BCUT2D eigenvalue weighted by molar-refractivity contribution is -0.176. The highest BCUT2D eigenvalue weighted by Gasteiger charge is 2.48. The van der Waals surface area contributed by atoms with E-state index in [9.17, 15) is 9.59 Å². The summed E-state index contributed by atoms with van der Waals surface area (Å²) < 4.78 is 27.5. The highest BCUT2D eigenvalue weighted by molar-refractivity contribution is 6.78. The van der Waals surface area contributed by atoms with Gasteiger partial charge in [0.05, 0.1) is 18.4 Å². The number of hydrogen-bond donors (Lipinski definition) is 0. The summed E-state index contributed by atoms with van der Waals surface area (Å²) in [5.74, 6) is -0.0633. The zero-order chi connectivity index (χ0) is 22.8. The Bertz CT molecular complexity index is 1000. The Morgan fingerprint density at radius 3 is 2.42 bits per heavy atom. The van der Waals surface area contributed by atoms with Crippen molar-refractivity contribution in [3.63, 3.8) is 0 Å². The number of benzene rings is 1. The van der Waals surface area contributed by atoms with Crippen molar-refractivity contribution in [3.05, 3.63) is 52.8 Å². The summed E-state index contributed by atoms with van der Waals surface area (Å²) in [4.78, 5) is 30.3. The molecule has 166 valence electrons. The summed E-state index contributed by atoms with van der Waals surface area (Å²) in [6, 6.07) is 8.10. The van der Waals surface area contributed by atoms with E-state index in [0.29, 0.717) is 29.4 Å². The smallest absolute Gasteiger partial charge is 0.357 e. The van der Waals surface area contributed by atoms with Gasteiger partial charge in [-0.05, 0) is 37.3 Å². The van der Waals surface area contributed by atoms with Crippen LogP contribution in [0.4, 0.5) is 0 Å². The molecule has 31 heavy (non-hydrogen) atoms. The first-order chi connectivity index (χ1) is 14.7. The number of methoxy groups -OCH3 is 2. The summed E-state index contributed by atoms with van der Waals surface area (Å²) in [5, 5.41) is 0. The summed E-state index contributed by atoms with van der Waals surface area (Å²) in [6.07, 6.45) is 0. The standard InChI is InChI=1S/C22H27NO7Si/c1-7-30-22(27-3,31(4,5)6)18-11-9-15(19(23-18)21(25)26-2)20(24)14-8-10-16-17(12-14)29-13-28-16/h8-12H,7,13H2,1-6H3. The van der Waals surface area contributed by atoms with Gasteiger partial charge < -0.3 is 23.7 Å².